The standard InChI is InChI=1S/C18H33N3O3/c1-14(2)17(23)12-21-7-3-15(4-8-21)11-20-9-5-16(6-10-20)19-18(24)13-22/h14-16,22H,3-13H2,1-2H3,(H,19,24). The maximum Gasteiger partial charge on any atom is 0.245 e. The van der Waals surface area contributed by atoms with Gasteiger partial charge < -0.3 is 15.3 Å². The van der Waals surface area contributed by atoms with E-state index in [1.807, 2.05) is 13.8 Å². The number of nitrogens with one attached hydrogen (secondary N) is 1. The van der Waals surface area contributed by atoms with Crippen molar-refractivity contribution in [3.05, 3.63) is 0 Å². The third-order valence-electron chi connectivity index (χ3n) is 5.34. The van der Waals surface area contributed by atoms with Gasteiger partial charge in [-0.2, -0.15) is 0 Å². The van der Waals surface area contributed by atoms with E-state index in [0.717, 1.165) is 51.5 Å². The first-order chi connectivity index (χ1) is 11.5. The molecule has 0 bridgehead atoms. The molecule has 24 heavy (non-hydrogen) atoms. The van der Waals surface area contributed by atoms with E-state index >= 15 is 0 Å². The molecule has 0 aromatic heterocycles. The second kappa shape index (κ2) is 9.49. The molecule has 6 heteroatoms. The maximum atomic E-state index is 11.8. The Bertz CT molecular complexity index is 412. The normalized spacial score (nSPS) is 22.0. The predicted octanol–water partition coefficient (Wildman–Crippen LogP) is 0.496. The number of aliphatic hydroxyl groups is 1. The van der Waals surface area contributed by atoms with Crippen LogP contribution in [-0.2, 0) is 9.59 Å². The third-order valence-corrected chi connectivity index (χ3v) is 5.34. The van der Waals surface area contributed by atoms with Gasteiger partial charge in [0.2, 0.25) is 5.91 Å². The minimum Gasteiger partial charge on any atom is -0.387 e. The number of hydrogen-bond donors (Lipinski definition) is 2. The highest BCUT2D eigenvalue weighted by Gasteiger charge is 2.26. The summed E-state index contributed by atoms with van der Waals surface area (Å²) in [5.74, 6) is 0.937. The van der Waals surface area contributed by atoms with Gasteiger partial charge in [-0.25, -0.2) is 0 Å². The minimum atomic E-state index is -0.419. The van der Waals surface area contributed by atoms with Gasteiger partial charge in [0.25, 0.3) is 0 Å². The molecule has 1 amide bonds. The number of carbonyl (C=O) groups is 2. The quantitative estimate of drug-likeness (QED) is 0.706. The number of Topliss-reactive ketones (excluding diaryl/α,β-unsaturated/α-hetero) is 1. The molecule has 0 aromatic rings. The molecule has 6 nitrogen and oxygen atoms in total. The molecule has 138 valence electrons. The van der Waals surface area contributed by atoms with Gasteiger partial charge in [0.05, 0.1) is 6.54 Å². The second-order valence-electron chi connectivity index (χ2n) is 7.64. The van der Waals surface area contributed by atoms with Gasteiger partial charge in [0, 0.05) is 31.6 Å². The molecule has 0 saturated carbocycles. The lowest BCUT2D eigenvalue weighted by molar-refractivity contribution is -0.125. The van der Waals surface area contributed by atoms with E-state index in [1.165, 1.54) is 12.8 Å². The summed E-state index contributed by atoms with van der Waals surface area (Å²) in [5, 5.41) is 11.7. The molecule has 0 aromatic carbocycles. The number of nitrogens with zero attached hydrogens (tertiary/aromatic N) is 2. The molecule has 2 N–H and O–H groups in total. The van der Waals surface area contributed by atoms with Crippen molar-refractivity contribution in [3.63, 3.8) is 0 Å². The molecule has 2 aliphatic rings. The molecule has 0 spiro atoms. The van der Waals surface area contributed by atoms with Gasteiger partial charge in [0.15, 0.2) is 0 Å². The van der Waals surface area contributed by atoms with E-state index < -0.39 is 6.61 Å². The van der Waals surface area contributed by atoms with Gasteiger partial charge in [-0.1, -0.05) is 13.8 Å². The van der Waals surface area contributed by atoms with E-state index in [9.17, 15) is 9.59 Å². The fourth-order valence-electron chi connectivity index (χ4n) is 3.63. The Morgan fingerprint density at radius 1 is 1.04 bits per heavy atom. The third kappa shape index (κ3) is 6.15. The Balaban J connectivity index is 1.63. The summed E-state index contributed by atoms with van der Waals surface area (Å²) in [5.41, 5.74) is 0. The first-order valence-electron chi connectivity index (χ1n) is 9.35. The Kier molecular flexibility index (Phi) is 7.65. The molecule has 2 aliphatic heterocycles. The number of aliphatic hydroxyl groups excluding tert-OH is 1. The van der Waals surface area contributed by atoms with Crippen molar-refractivity contribution >= 4 is 11.7 Å². The van der Waals surface area contributed by atoms with Crippen LogP contribution in [0.3, 0.4) is 0 Å². The van der Waals surface area contributed by atoms with Gasteiger partial charge in [-0.15, -0.1) is 0 Å². The van der Waals surface area contributed by atoms with Crippen LogP contribution in [0, 0.1) is 11.8 Å². The van der Waals surface area contributed by atoms with E-state index in [0.29, 0.717) is 12.3 Å². The highest BCUT2D eigenvalue weighted by Crippen LogP contribution is 2.21. The summed E-state index contributed by atoms with van der Waals surface area (Å²) in [4.78, 5) is 27.9. The molecule has 2 fully saturated rings. The number of ketones is 1. The molecular weight excluding hydrogens is 306 g/mol. The fraction of sp³-hybridized carbons (Fsp3) is 0.889. The van der Waals surface area contributed by atoms with Crippen molar-refractivity contribution in [2.24, 2.45) is 11.8 Å². The lowest BCUT2D eigenvalue weighted by Gasteiger charge is -2.37. The van der Waals surface area contributed by atoms with Gasteiger partial charge >= 0.3 is 0 Å². The summed E-state index contributed by atoms with van der Waals surface area (Å²) in [6.45, 7) is 9.37. The number of likely N-dealkylation sites (tertiary alicyclic amines) is 2. The maximum absolute atomic E-state index is 11.8. The average Bonchev–Trinajstić information content (AvgIpc) is 2.58. The van der Waals surface area contributed by atoms with Crippen molar-refractivity contribution < 1.29 is 14.7 Å². The molecule has 0 atom stereocenters. The number of amides is 1. The Morgan fingerprint density at radius 2 is 1.62 bits per heavy atom. The van der Waals surface area contributed by atoms with Crippen LogP contribution >= 0.6 is 0 Å². The monoisotopic (exact) mass is 339 g/mol. The molecule has 0 aliphatic carbocycles. The van der Waals surface area contributed by atoms with Gasteiger partial charge in [0.1, 0.15) is 12.4 Å². The molecule has 2 heterocycles. The van der Waals surface area contributed by atoms with Crippen LogP contribution in [0.4, 0.5) is 0 Å². The van der Waals surface area contributed by atoms with Crippen LogP contribution in [-0.4, -0.2) is 78.5 Å². The molecule has 2 rings (SSSR count). The van der Waals surface area contributed by atoms with Crippen molar-refractivity contribution in [1.82, 2.24) is 15.1 Å². The van der Waals surface area contributed by atoms with Crippen LogP contribution in [0.2, 0.25) is 0 Å². The largest absolute Gasteiger partial charge is 0.387 e. The zero-order valence-electron chi connectivity index (χ0n) is 15.2. The average molecular weight is 339 g/mol. The smallest absolute Gasteiger partial charge is 0.245 e. The topological polar surface area (TPSA) is 72.9 Å². The summed E-state index contributed by atoms with van der Waals surface area (Å²) in [6, 6.07) is 0.213. The van der Waals surface area contributed by atoms with Crippen molar-refractivity contribution in [2.75, 3.05) is 45.9 Å². The van der Waals surface area contributed by atoms with E-state index in [1.54, 1.807) is 0 Å². The van der Waals surface area contributed by atoms with Gasteiger partial charge in [-0.05, 0) is 44.7 Å². The molecular formula is C18H33N3O3. The number of carbonyl (C=O) groups excluding carboxylic acids is 2. The molecule has 2 saturated heterocycles. The summed E-state index contributed by atoms with van der Waals surface area (Å²) in [7, 11) is 0. The van der Waals surface area contributed by atoms with Gasteiger partial charge in [-0.3, -0.25) is 14.5 Å². The Hall–Kier alpha value is -0.980. The van der Waals surface area contributed by atoms with E-state index in [4.69, 9.17) is 5.11 Å². The number of hydrogen-bond acceptors (Lipinski definition) is 5. The number of rotatable bonds is 7. The number of piperidine rings is 2. The summed E-state index contributed by atoms with van der Waals surface area (Å²) in [6.07, 6.45) is 4.28. The lowest BCUT2D eigenvalue weighted by atomic mass is 9.94. The first-order valence-corrected chi connectivity index (χ1v) is 9.35. The summed E-state index contributed by atoms with van der Waals surface area (Å²) < 4.78 is 0. The lowest BCUT2D eigenvalue weighted by Crippen LogP contribution is -2.47. The van der Waals surface area contributed by atoms with Crippen LogP contribution in [0.1, 0.15) is 39.5 Å². The van der Waals surface area contributed by atoms with Crippen LogP contribution in [0.25, 0.3) is 0 Å². The predicted molar refractivity (Wildman–Crippen MR) is 93.7 cm³/mol. The van der Waals surface area contributed by atoms with E-state index in [2.05, 4.69) is 15.1 Å². The first kappa shape index (κ1) is 19.3. The molecule has 0 unspecified atom stereocenters. The Morgan fingerprint density at radius 3 is 2.17 bits per heavy atom. The minimum absolute atomic E-state index is 0.135. The molecule has 0 radical (unpaired) electrons. The highest BCUT2D eigenvalue weighted by molar-refractivity contribution is 5.82. The highest BCUT2D eigenvalue weighted by atomic mass is 16.3. The second-order valence-corrected chi connectivity index (χ2v) is 7.64. The van der Waals surface area contributed by atoms with Crippen LogP contribution < -0.4 is 5.32 Å². The SMILES string of the molecule is CC(C)C(=O)CN1CCC(CN2CCC(NC(=O)CO)CC2)CC1. The Labute approximate surface area is 145 Å². The van der Waals surface area contributed by atoms with Crippen molar-refractivity contribution in [2.45, 2.75) is 45.6 Å². The zero-order valence-corrected chi connectivity index (χ0v) is 15.2. The van der Waals surface area contributed by atoms with Crippen molar-refractivity contribution in [3.8, 4) is 0 Å². The van der Waals surface area contributed by atoms with Crippen LogP contribution in [0.15, 0.2) is 0 Å². The fourth-order valence-corrected chi connectivity index (χ4v) is 3.63. The summed E-state index contributed by atoms with van der Waals surface area (Å²) >= 11 is 0. The van der Waals surface area contributed by atoms with E-state index in [-0.39, 0.29) is 17.9 Å². The van der Waals surface area contributed by atoms with Crippen molar-refractivity contribution in [1.29, 1.82) is 0 Å². The zero-order chi connectivity index (χ0) is 17.5. The van der Waals surface area contributed by atoms with Crippen LogP contribution in [0.5, 0.6) is 0 Å².